The second kappa shape index (κ2) is 7.53. The van der Waals surface area contributed by atoms with Crippen LogP contribution in [0, 0.1) is 0 Å². The maximum Gasteiger partial charge on any atom is 0.335 e. The van der Waals surface area contributed by atoms with Crippen LogP contribution < -0.4 is 4.90 Å². The summed E-state index contributed by atoms with van der Waals surface area (Å²) in [5.74, 6) is -1.11. The van der Waals surface area contributed by atoms with E-state index in [9.17, 15) is 18.4 Å². The quantitative estimate of drug-likeness (QED) is 0.834. The highest BCUT2D eigenvalue weighted by Crippen LogP contribution is 2.17. The largest absolute Gasteiger partial charge is 0.478 e. The third kappa shape index (κ3) is 4.67. The molecule has 0 saturated heterocycles. The van der Waals surface area contributed by atoms with Gasteiger partial charge in [0.15, 0.2) is 0 Å². The molecule has 1 aromatic rings. The number of carboxylic acid groups (broad SMARTS) is 1. The van der Waals surface area contributed by atoms with E-state index in [0.29, 0.717) is 5.69 Å². The van der Waals surface area contributed by atoms with Gasteiger partial charge in [0.1, 0.15) is 0 Å². The van der Waals surface area contributed by atoms with E-state index in [1.54, 1.807) is 0 Å². The third-order valence-corrected chi connectivity index (χ3v) is 2.72. The second-order valence-electron chi connectivity index (χ2n) is 4.28. The minimum atomic E-state index is -2.66. The zero-order chi connectivity index (χ0) is 16.0. The van der Waals surface area contributed by atoms with E-state index in [0.717, 1.165) is 9.80 Å². The lowest BCUT2D eigenvalue weighted by atomic mass is 10.2. The van der Waals surface area contributed by atoms with Crippen molar-refractivity contribution in [1.29, 1.82) is 0 Å². The molecule has 21 heavy (non-hydrogen) atoms. The molecule has 0 aromatic heterocycles. The van der Waals surface area contributed by atoms with Crippen molar-refractivity contribution in [3.63, 3.8) is 0 Å². The maximum atomic E-state index is 12.3. The third-order valence-electron chi connectivity index (χ3n) is 2.72. The molecule has 6 nitrogen and oxygen atoms in total. The summed E-state index contributed by atoms with van der Waals surface area (Å²) in [6.07, 6.45) is -2.66. The topological polar surface area (TPSA) is 81.1 Å². The van der Waals surface area contributed by atoms with Crippen molar-refractivity contribution < 1.29 is 28.6 Å². The van der Waals surface area contributed by atoms with Gasteiger partial charge in [-0.05, 0) is 24.3 Å². The molecule has 0 fully saturated rings. The predicted octanol–water partition coefficient (Wildman–Crippen LogP) is 1.50. The van der Waals surface area contributed by atoms with Gasteiger partial charge in [0, 0.05) is 12.7 Å². The number of amides is 2. The molecular weight excluding hydrogens is 286 g/mol. The van der Waals surface area contributed by atoms with Gasteiger partial charge in [0.05, 0.1) is 25.3 Å². The van der Waals surface area contributed by atoms with Crippen LogP contribution in [-0.2, 0) is 0 Å². The molecule has 1 rings (SSSR count). The molecule has 0 aliphatic rings. The van der Waals surface area contributed by atoms with Gasteiger partial charge in [0.25, 0.3) is 6.43 Å². The summed E-state index contributed by atoms with van der Waals surface area (Å²) < 4.78 is 24.6. The molecule has 2 N–H and O–H groups in total. The first kappa shape index (κ1) is 16.8. The Labute approximate surface area is 120 Å². The number of halogens is 2. The van der Waals surface area contributed by atoms with Gasteiger partial charge in [-0.3, -0.25) is 4.90 Å². The van der Waals surface area contributed by atoms with Crippen molar-refractivity contribution in [2.75, 3.05) is 31.6 Å². The first-order valence-corrected chi connectivity index (χ1v) is 6.11. The first-order valence-electron chi connectivity index (χ1n) is 6.11. The highest BCUT2D eigenvalue weighted by Gasteiger charge is 2.21. The average Bonchev–Trinajstić information content (AvgIpc) is 2.43. The van der Waals surface area contributed by atoms with Crippen LogP contribution in [-0.4, -0.2) is 60.3 Å². The number of carbonyl (C=O) groups is 2. The van der Waals surface area contributed by atoms with Crippen molar-refractivity contribution in [3.05, 3.63) is 29.8 Å². The lowest BCUT2D eigenvalue weighted by molar-refractivity contribution is 0.0697. The fourth-order valence-corrected chi connectivity index (χ4v) is 1.71. The SMILES string of the molecule is CN(CC(F)F)C(=O)N(CCO)c1ccc(C(=O)O)cc1. The van der Waals surface area contributed by atoms with Crippen molar-refractivity contribution in [3.8, 4) is 0 Å². The highest BCUT2D eigenvalue weighted by molar-refractivity contribution is 5.93. The number of hydrogen-bond donors (Lipinski definition) is 2. The molecule has 0 aliphatic heterocycles. The molecule has 0 unspecified atom stereocenters. The Kier molecular flexibility index (Phi) is 6.04. The number of aromatic carboxylic acids is 1. The predicted molar refractivity (Wildman–Crippen MR) is 71.9 cm³/mol. The number of anilines is 1. The molecule has 0 atom stereocenters. The Morgan fingerprint density at radius 2 is 1.81 bits per heavy atom. The van der Waals surface area contributed by atoms with E-state index in [4.69, 9.17) is 10.2 Å². The summed E-state index contributed by atoms with van der Waals surface area (Å²) in [6, 6.07) is 4.65. The van der Waals surface area contributed by atoms with Gasteiger partial charge in [-0.25, -0.2) is 18.4 Å². The van der Waals surface area contributed by atoms with Crippen molar-refractivity contribution in [2.24, 2.45) is 0 Å². The number of benzene rings is 1. The maximum absolute atomic E-state index is 12.3. The smallest absolute Gasteiger partial charge is 0.335 e. The fraction of sp³-hybridized carbons (Fsp3) is 0.385. The molecule has 0 bridgehead atoms. The minimum Gasteiger partial charge on any atom is -0.478 e. The van der Waals surface area contributed by atoms with Gasteiger partial charge in [0.2, 0.25) is 0 Å². The lowest BCUT2D eigenvalue weighted by Crippen LogP contribution is -2.44. The summed E-state index contributed by atoms with van der Waals surface area (Å²) in [7, 11) is 1.23. The summed E-state index contributed by atoms with van der Waals surface area (Å²) in [6.45, 7) is -1.16. The lowest BCUT2D eigenvalue weighted by Gasteiger charge is -2.27. The summed E-state index contributed by atoms with van der Waals surface area (Å²) in [5, 5.41) is 17.8. The van der Waals surface area contributed by atoms with Gasteiger partial charge in [-0.15, -0.1) is 0 Å². The van der Waals surface area contributed by atoms with Gasteiger partial charge >= 0.3 is 12.0 Å². The van der Waals surface area contributed by atoms with Crippen LogP contribution in [0.5, 0.6) is 0 Å². The molecule has 1 aromatic carbocycles. The molecule has 0 saturated carbocycles. The van der Waals surface area contributed by atoms with Crippen LogP contribution in [0.25, 0.3) is 0 Å². The normalized spacial score (nSPS) is 10.5. The zero-order valence-electron chi connectivity index (χ0n) is 11.4. The summed E-state index contributed by atoms with van der Waals surface area (Å²) >= 11 is 0. The molecular formula is C13H16F2N2O4. The number of rotatable bonds is 6. The number of urea groups is 1. The number of hydrogen-bond acceptors (Lipinski definition) is 3. The summed E-state index contributed by atoms with van der Waals surface area (Å²) in [5.41, 5.74) is 0.358. The van der Waals surface area contributed by atoms with Crippen LogP contribution in [0.4, 0.5) is 19.3 Å². The molecule has 0 aliphatic carbocycles. The van der Waals surface area contributed by atoms with Crippen LogP contribution in [0.1, 0.15) is 10.4 Å². The Balaban J connectivity index is 2.94. The molecule has 0 heterocycles. The van der Waals surface area contributed by atoms with Gasteiger partial charge in [-0.1, -0.05) is 0 Å². The van der Waals surface area contributed by atoms with E-state index >= 15 is 0 Å². The number of nitrogens with zero attached hydrogens (tertiary/aromatic N) is 2. The zero-order valence-corrected chi connectivity index (χ0v) is 11.4. The van der Waals surface area contributed by atoms with Crippen molar-refractivity contribution in [2.45, 2.75) is 6.43 Å². The van der Waals surface area contributed by atoms with Crippen LogP contribution >= 0.6 is 0 Å². The van der Waals surface area contributed by atoms with E-state index < -0.39 is 25.0 Å². The minimum absolute atomic E-state index is 0.0380. The highest BCUT2D eigenvalue weighted by atomic mass is 19.3. The molecule has 8 heteroatoms. The average molecular weight is 302 g/mol. The standard InChI is InChI=1S/C13H16F2N2O4/c1-16(8-11(14)15)13(21)17(6-7-18)10-4-2-9(3-5-10)12(19)20/h2-5,11,18H,6-8H2,1H3,(H,19,20). The number of aliphatic hydroxyl groups excluding tert-OH is 1. The number of carboxylic acids is 1. The second-order valence-corrected chi connectivity index (χ2v) is 4.28. The van der Waals surface area contributed by atoms with E-state index in [-0.39, 0.29) is 18.7 Å². The molecule has 2 amide bonds. The van der Waals surface area contributed by atoms with Crippen LogP contribution in [0.2, 0.25) is 0 Å². The van der Waals surface area contributed by atoms with Gasteiger partial charge < -0.3 is 15.1 Å². The number of alkyl halides is 2. The van der Waals surface area contributed by atoms with E-state index in [1.165, 1.54) is 31.3 Å². The fourth-order valence-electron chi connectivity index (χ4n) is 1.71. The van der Waals surface area contributed by atoms with Gasteiger partial charge in [-0.2, -0.15) is 0 Å². The first-order chi connectivity index (χ1) is 9.86. The molecule has 0 spiro atoms. The van der Waals surface area contributed by atoms with Crippen LogP contribution in [0.15, 0.2) is 24.3 Å². The Morgan fingerprint density at radius 3 is 2.24 bits per heavy atom. The Hall–Kier alpha value is -2.22. The monoisotopic (exact) mass is 302 g/mol. The molecule has 0 radical (unpaired) electrons. The summed E-state index contributed by atoms with van der Waals surface area (Å²) in [4.78, 5) is 24.8. The number of aliphatic hydroxyl groups is 1. The van der Waals surface area contributed by atoms with E-state index in [1.807, 2.05) is 0 Å². The van der Waals surface area contributed by atoms with Crippen LogP contribution in [0.3, 0.4) is 0 Å². The Morgan fingerprint density at radius 1 is 1.24 bits per heavy atom. The van der Waals surface area contributed by atoms with Crippen molar-refractivity contribution in [1.82, 2.24) is 4.90 Å². The number of carbonyl (C=O) groups excluding carboxylic acids is 1. The molecule has 116 valence electrons. The Bertz CT molecular complexity index is 493. The van der Waals surface area contributed by atoms with Crippen molar-refractivity contribution >= 4 is 17.7 Å². The van der Waals surface area contributed by atoms with E-state index in [2.05, 4.69) is 0 Å².